The van der Waals surface area contributed by atoms with E-state index in [1.807, 2.05) is 0 Å². The van der Waals surface area contributed by atoms with Gasteiger partial charge >= 0.3 is 5.97 Å². The lowest BCUT2D eigenvalue weighted by Gasteiger charge is -2.04. The van der Waals surface area contributed by atoms with Gasteiger partial charge in [0.15, 0.2) is 5.02 Å². The maximum absolute atomic E-state index is 10.8. The summed E-state index contributed by atoms with van der Waals surface area (Å²) in [5.41, 5.74) is -2.31. The fraction of sp³-hybridized carbons (Fsp3) is 0.125. The van der Waals surface area contributed by atoms with Crippen molar-refractivity contribution >= 4 is 28.9 Å². The van der Waals surface area contributed by atoms with E-state index in [0.717, 1.165) is 6.92 Å². The number of halogens is 1. The Kier molecular flexibility index (Phi) is 3.28. The number of nitrogens with zero attached hydrogens (tertiary/aromatic N) is 2. The summed E-state index contributed by atoms with van der Waals surface area (Å²) in [7, 11) is 0. The van der Waals surface area contributed by atoms with Gasteiger partial charge in [-0.15, -0.1) is 0 Å². The second kappa shape index (κ2) is 4.34. The molecule has 0 unspecified atom stereocenters. The van der Waals surface area contributed by atoms with Crippen molar-refractivity contribution in [2.45, 2.75) is 6.92 Å². The lowest BCUT2D eigenvalue weighted by molar-refractivity contribution is -0.394. The first-order chi connectivity index (χ1) is 7.77. The van der Waals surface area contributed by atoms with Crippen LogP contribution in [-0.2, 0) is 0 Å². The zero-order chi connectivity index (χ0) is 13.3. The van der Waals surface area contributed by atoms with E-state index in [0.29, 0.717) is 6.07 Å². The Morgan fingerprint density at radius 1 is 1.35 bits per heavy atom. The smallest absolute Gasteiger partial charge is 0.336 e. The van der Waals surface area contributed by atoms with Crippen LogP contribution >= 0.6 is 11.6 Å². The molecule has 9 heteroatoms. The number of nitro groups is 2. The minimum Gasteiger partial charge on any atom is -0.478 e. The zero-order valence-corrected chi connectivity index (χ0v) is 9.09. The lowest BCUT2D eigenvalue weighted by atomic mass is 10.1. The topological polar surface area (TPSA) is 124 Å². The molecule has 0 aliphatic heterocycles. The number of benzene rings is 1. The van der Waals surface area contributed by atoms with Crippen molar-refractivity contribution in [3.8, 4) is 0 Å². The number of aromatic carboxylic acids is 1. The van der Waals surface area contributed by atoms with Gasteiger partial charge in [-0.1, -0.05) is 11.6 Å². The molecule has 0 aliphatic carbocycles. The highest BCUT2D eigenvalue weighted by Gasteiger charge is 2.30. The summed E-state index contributed by atoms with van der Waals surface area (Å²) in [6.07, 6.45) is 0. The van der Waals surface area contributed by atoms with E-state index in [2.05, 4.69) is 0 Å². The number of carboxylic acid groups (broad SMARTS) is 1. The second-order valence-electron chi connectivity index (χ2n) is 3.05. The van der Waals surface area contributed by atoms with Crippen molar-refractivity contribution in [3.05, 3.63) is 42.4 Å². The van der Waals surface area contributed by atoms with Crippen molar-refractivity contribution in [1.82, 2.24) is 0 Å². The first-order valence-corrected chi connectivity index (χ1v) is 4.50. The molecule has 1 rings (SSSR count). The molecule has 0 saturated carbocycles. The van der Waals surface area contributed by atoms with Gasteiger partial charge in [0.1, 0.15) is 0 Å². The molecule has 0 amide bonds. The molecule has 1 aromatic carbocycles. The van der Waals surface area contributed by atoms with E-state index in [4.69, 9.17) is 16.7 Å². The molecule has 0 heterocycles. The summed E-state index contributed by atoms with van der Waals surface area (Å²) in [4.78, 5) is 30.2. The van der Waals surface area contributed by atoms with Gasteiger partial charge in [-0.3, -0.25) is 20.2 Å². The van der Waals surface area contributed by atoms with E-state index in [-0.39, 0.29) is 5.56 Å². The van der Waals surface area contributed by atoms with Crippen LogP contribution in [0.15, 0.2) is 6.07 Å². The minimum atomic E-state index is -1.50. The quantitative estimate of drug-likeness (QED) is 0.656. The molecule has 0 bridgehead atoms. The molecule has 8 nitrogen and oxygen atoms in total. The third-order valence-corrected chi connectivity index (χ3v) is 2.46. The van der Waals surface area contributed by atoms with Crippen LogP contribution in [0.1, 0.15) is 15.9 Å². The number of hydrogen-bond acceptors (Lipinski definition) is 5. The van der Waals surface area contributed by atoms with Crippen molar-refractivity contribution in [3.63, 3.8) is 0 Å². The van der Waals surface area contributed by atoms with Gasteiger partial charge in [-0.05, 0) is 6.92 Å². The Hall–Kier alpha value is -2.22. The molecule has 1 aromatic rings. The lowest BCUT2D eigenvalue weighted by Crippen LogP contribution is -2.06. The van der Waals surface area contributed by atoms with E-state index >= 15 is 0 Å². The highest BCUT2D eigenvalue weighted by molar-refractivity contribution is 6.35. The Balaban J connectivity index is 3.76. The molecule has 0 fully saturated rings. The molecule has 90 valence electrons. The van der Waals surface area contributed by atoms with Gasteiger partial charge in [0.2, 0.25) is 0 Å². The van der Waals surface area contributed by atoms with Gasteiger partial charge in [-0.2, -0.15) is 0 Å². The molecular formula is C8H5ClN2O6. The van der Waals surface area contributed by atoms with E-state index < -0.39 is 37.8 Å². The molecule has 0 saturated heterocycles. The fourth-order valence-electron chi connectivity index (χ4n) is 1.29. The number of hydrogen-bond donors (Lipinski definition) is 1. The number of carbonyl (C=O) groups is 1. The summed E-state index contributed by atoms with van der Waals surface area (Å²) in [6, 6.07) is 0.701. The summed E-state index contributed by atoms with van der Waals surface area (Å²) < 4.78 is 0. The molecule has 17 heavy (non-hydrogen) atoms. The van der Waals surface area contributed by atoms with Crippen LogP contribution in [0.4, 0.5) is 11.4 Å². The van der Waals surface area contributed by atoms with Crippen LogP contribution in [0.2, 0.25) is 5.02 Å². The van der Waals surface area contributed by atoms with Crippen molar-refractivity contribution in [2.24, 2.45) is 0 Å². The van der Waals surface area contributed by atoms with Crippen molar-refractivity contribution < 1.29 is 19.7 Å². The average Bonchev–Trinajstić information content (AvgIpc) is 2.15. The van der Waals surface area contributed by atoms with Crippen LogP contribution in [-0.4, -0.2) is 20.9 Å². The van der Waals surface area contributed by atoms with Crippen LogP contribution in [0.25, 0.3) is 0 Å². The highest BCUT2D eigenvalue weighted by Crippen LogP contribution is 2.38. The highest BCUT2D eigenvalue weighted by atomic mass is 35.5. The fourth-order valence-corrected chi connectivity index (χ4v) is 1.63. The average molecular weight is 261 g/mol. The molecule has 1 N–H and O–H groups in total. The summed E-state index contributed by atoms with van der Waals surface area (Å²) >= 11 is 5.50. The molecule has 0 aliphatic rings. The maximum atomic E-state index is 10.8. The Bertz CT molecular complexity index is 503. The maximum Gasteiger partial charge on any atom is 0.336 e. The Morgan fingerprint density at radius 2 is 1.88 bits per heavy atom. The predicted octanol–water partition coefficient (Wildman–Crippen LogP) is 2.16. The first kappa shape index (κ1) is 12.8. The molecule has 0 aromatic heterocycles. The van der Waals surface area contributed by atoms with Gasteiger partial charge in [0.05, 0.1) is 15.4 Å². The van der Waals surface area contributed by atoms with Crippen LogP contribution in [0, 0.1) is 27.2 Å². The number of carboxylic acids is 1. The van der Waals surface area contributed by atoms with Gasteiger partial charge < -0.3 is 5.11 Å². The van der Waals surface area contributed by atoms with E-state index in [1.54, 1.807) is 0 Å². The molecule has 0 radical (unpaired) electrons. The first-order valence-electron chi connectivity index (χ1n) is 4.12. The van der Waals surface area contributed by atoms with Crippen molar-refractivity contribution in [2.75, 3.05) is 0 Å². The number of nitro benzene ring substituents is 2. The zero-order valence-electron chi connectivity index (χ0n) is 8.34. The molecule has 0 spiro atoms. The molecular weight excluding hydrogens is 256 g/mol. The van der Waals surface area contributed by atoms with Crippen LogP contribution in [0.3, 0.4) is 0 Å². The summed E-state index contributed by atoms with van der Waals surface area (Å²) in [5, 5.41) is 29.4. The van der Waals surface area contributed by atoms with Gasteiger partial charge in [-0.25, -0.2) is 4.79 Å². The minimum absolute atomic E-state index is 0.224. The van der Waals surface area contributed by atoms with Crippen LogP contribution in [0.5, 0.6) is 0 Å². The van der Waals surface area contributed by atoms with Gasteiger partial charge in [0, 0.05) is 11.6 Å². The second-order valence-corrected chi connectivity index (χ2v) is 3.43. The van der Waals surface area contributed by atoms with Gasteiger partial charge in [0.25, 0.3) is 11.4 Å². The Labute approximate surface area is 98.7 Å². The van der Waals surface area contributed by atoms with Crippen molar-refractivity contribution in [1.29, 1.82) is 0 Å². The third-order valence-electron chi connectivity index (χ3n) is 2.08. The molecule has 0 atom stereocenters. The number of rotatable bonds is 3. The Morgan fingerprint density at radius 3 is 2.24 bits per heavy atom. The summed E-state index contributed by atoms with van der Waals surface area (Å²) in [6.45, 7) is 1.16. The third kappa shape index (κ3) is 2.16. The predicted molar refractivity (Wildman–Crippen MR) is 56.5 cm³/mol. The standard InChI is InChI=1S/C8H5ClN2O6/c1-3-4(8(12)13)2-5(10(14)15)6(9)7(3)11(16)17/h2H,1H3,(H,12,13). The largest absolute Gasteiger partial charge is 0.478 e. The normalized spacial score (nSPS) is 10.0. The van der Waals surface area contributed by atoms with Crippen LogP contribution < -0.4 is 0 Å². The van der Waals surface area contributed by atoms with E-state index in [1.165, 1.54) is 0 Å². The SMILES string of the molecule is Cc1c(C(=O)O)cc([N+](=O)[O-])c(Cl)c1[N+](=O)[O-]. The van der Waals surface area contributed by atoms with E-state index in [9.17, 15) is 25.0 Å². The monoisotopic (exact) mass is 260 g/mol. The summed E-state index contributed by atoms with van der Waals surface area (Å²) in [5.74, 6) is -1.50.